The highest BCUT2D eigenvalue weighted by Crippen LogP contribution is 2.35. The Hall–Kier alpha value is 0.340. The van der Waals surface area contributed by atoms with Crippen LogP contribution in [0.5, 0.6) is 0 Å². The summed E-state index contributed by atoms with van der Waals surface area (Å²) < 4.78 is 32.1. The number of hydrogen-bond acceptors (Lipinski definition) is 4. The lowest BCUT2D eigenvalue weighted by molar-refractivity contribution is 0.135. The molecule has 1 aromatic rings. The van der Waals surface area contributed by atoms with E-state index in [9.17, 15) is 8.42 Å². The summed E-state index contributed by atoms with van der Waals surface area (Å²) in [5.74, 6) is 0. The normalized spacial score (nSPS) is 12.3. The van der Waals surface area contributed by atoms with Crippen molar-refractivity contribution in [2.45, 2.75) is 18.1 Å². The molecule has 0 aliphatic heterocycles. The van der Waals surface area contributed by atoms with E-state index >= 15 is 0 Å². The van der Waals surface area contributed by atoms with Crippen molar-refractivity contribution >= 4 is 48.9 Å². The highest BCUT2D eigenvalue weighted by molar-refractivity contribution is 9.11. The predicted molar refractivity (Wildman–Crippen MR) is 78.0 cm³/mol. The Balaban J connectivity index is 2.89. The van der Waals surface area contributed by atoms with Crippen LogP contribution < -0.4 is 0 Å². The van der Waals surface area contributed by atoms with Gasteiger partial charge in [-0.25, -0.2) is 8.42 Å². The summed E-state index contributed by atoms with van der Waals surface area (Å²) in [4.78, 5) is 0. The Morgan fingerprint density at radius 1 is 1.50 bits per heavy atom. The van der Waals surface area contributed by atoms with E-state index in [0.717, 1.165) is 11.3 Å². The Morgan fingerprint density at radius 2 is 2.17 bits per heavy atom. The van der Waals surface area contributed by atoms with Crippen LogP contribution in [-0.2, 0) is 14.8 Å². The number of likely N-dealkylation sites (N-methyl/N-ethyl adjacent to an activating group) is 1. The summed E-state index contributed by atoms with van der Waals surface area (Å²) in [5.41, 5.74) is 0. The average Bonchev–Trinajstić information content (AvgIpc) is 2.66. The molecule has 0 aromatic carbocycles. The molecule has 0 atom stereocenters. The van der Waals surface area contributed by atoms with E-state index in [1.165, 1.54) is 10.4 Å². The number of thiophene rings is 1. The van der Waals surface area contributed by atoms with Gasteiger partial charge in [-0.2, -0.15) is 4.31 Å². The Kier molecular flexibility index (Phi) is 6.57. The van der Waals surface area contributed by atoms with Crippen LogP contribution >= 0.6 is 38.9 Å². The van der Waals surface area contributed by atoms with Gasteiger partial charge in [0, 0.05) is 19.7 Å². The largest absolute Gasteiger partial charge is 0.380 e. The van der Waals surface area contributed by atoms with Crippen molar-refractivity contribution in [2.75, 3.05) is 26.3 Å². The van der Waals surface area contributed by atoms with Gasteiger partial charge < -0.3 is 4.74 Å². The maximum atomic E-state index is 12.3. The SMILES string of the molecule is CCOCCN(CC)S(=O)(=O)c1cc(Cl)c(Br)s1. The van der Waals surface area contributed by atoms with Crippen LogP contribution in [0.25, 0.3) is 0 Å². The highest BCUT2D eigenvalue weighted by Gasteiger charge is 2.25. The second-order valence-corrected chi connectivity index (χ2v) is 8.32. The number of halogens is 2. The predicted octanol–water partition coefficient (Wildman–Crippen LogP) is 3.21. The minimum absolute atomic E-state index is 0.248. The molecule has 0 bridgehead atoms. The minimum atomic E-state index is -3.48. The molecule has 0 aliphatic carbocycles. The first kappa shape index (κ1) is 16.4. The second-order valence-electron chi connectivity index (χ2n) is 3.38. The first-order valence-electron chi connectivity index (χ1n) is 5.46. The second kappa shape index (κ2) is 7.21. The molecule has 18 heavy (non-hydrogen) atoms. The van der Waals surface area contributed by atoms with Crippen molar-refractivity contribution in [3.05, 3.63) is 14.9 Å². The number of hydrogen-bond donors (Lipinski definition) is 0. The molecule has 4 nitrogen and oxygen atoms in total. The van der Waals surface area contributed by atoms with Gasteiger partial charge >= 0.3 is 0 Å². The Morgan fingerprint density at radius 3 is 2.61 bits per heavy atom. The van der Waals surface area contributed by atoms with Gasteiger partial charge in [-0.1, -0.05) is 18.5 Å². The zero-order valence-electron chi connectivity index (χ0n) is 10.2. The van der Waals surface area contributed by atoms with E-state index in [4.69, 9.17) is 16.3 Å². The van der Waals surface area contributed by atoms with Crippen molar-refractivity contribution in [1.29, 1.82) is 0 Å². The highest BCUT2D eigenvalue weighted by atomic mass is 79.9. The lowest BCUT2D eigenvalue weighted by atomic mass is 10.6. The molecular weight excluding hydrogens is 362 g/mol. The summed E-state index contributed by atoms with van der Waals surface area (Å²) >= 11 is 10.2. The number of nitrogens with zero attached hydrogens (tertiary/aromatic N) is 1. The first-order valence-corrected chi connectivity index (χ1v) is 8.89. The molecule has 0 fully saturated rings. The fourth-order valence-electron chi connectivity index (χ4n) is 1.34. The Labute approximate surface area is 125 Å². The fourth-order valence-corrected chi connectivity index (χ4v) is 5.33. The van der Waals surface area contributed by atoms with Crippen molar-refractivity contribution in [1.82, 2.24) is 4.31 Å². The van der Waals surface area contributed by atoms with Crippen LogP contribution in [-0.4, -0.2) is 39.0 Å². The fraction of sp³-hybridized carbons (Fsp3) is 0.600. The molecular formula is C10H15BrClNO3S2. The van der Waals surface area contributed by atoms with Crippen LogP contribution in [0.1, 0.15) is 13.8 Å². The van der Waals surface area contributed by atoms with Crippen LogP contribution in [0.2, 0.25) is 5.02 Å². The smallest absolute Gasteiger partial charge is 0.252 e. The molecule has 1 heterocycles. The standard InChI is InChI=1S/C10H15BrClNO3S2/c1-3-13(5-6-16-4-2)18(14,15)9-7-8(12)10(11)17-9/h7H,3-6H2,1-2H3. The number of rotatable bonds is 7. The van der Waals surface area contributed by atoms with Crippen molar-refractivity contribution < 1.29 is 13.2 Å². The molecule has 0 spiro atoms. The van der Waals surface area contributed by atoms with Crippen LogP contribution in [0.3, 0.4) is 0 Å². The molecule has 0 saturated heterocycles. The lowest BCUT2D eigenvalue weighted by Crippen LogP contribution is -2.33. The van der Waals surface area contributed by atoms with Gasteiger partial charge in [0.2, 0.25) is 0 Å². The molecule has 0 saturated carbocycles. The third-order valence-electron chi connectivity index (χ3n) is 2.26. The number of sulfonamides is 1. The molecule has 104 valence electrons. The van der Waals surface area contributed by atoms with Crippen LogP contribution in [0.4, 0.5) is 0 Å². The first-order chi connectivity index (χ1) is 8.43. The van der Waals surface area contributed by atoms with Crippen molar-refractivity contribution in [3.8, 4) is 0 Å². The maximum absolute atomic E-state index is 12.3. The summed E-state index contributed by atoms with van der Waals surface area (Å²) in [6.45, 7) is 5.40. The van der Waals surface area contributed by atoms with E-state index in [1.807, 2.05) is 6.92 Å². The van der Waals surface area contributed by atoms with Gasteiger partial charge in [-0.3, -0.25) is 0 Å². The van der Waals surface area contributed by atoms with Gasteiger partial charge in [0.05, 0.1) is 15.4 Å². The summed E-state index contributed by atoms with van der Waals surface area (Å²) in [6, 6.07) is 1.47. The monoisotopic (exact) mass is 375 g/mol. The molecule has 0 amide bonds. The summed E-state index contributed by atoms with van der Waals surface area (Å²) in [6.07, 6.45) is 0. The lowest BCUT2D eigenvalue weighted by Gasteiger charge is -2.19. The zero-order valence-corrected chi connectivity index (χ0v) is 14.1. The van der Waals surface area contributed by atoms with E-state index in [1.54, 1.807) is 6.92 Å². The van der Waals surface area contributed by atoms with Crippen LogP contribution in [0, 0.1) is 0 Å². The van der Waals surface area contributed by atoms with Gasteiger partial charge in [0.1, 0.15) is 4.21 Å². The maximum Gasteiger partial charge on any atom is 0.252 e. The third-order valence-corrected chi connectivity index (χ3v) is 7.16. The van der Waals surface area contributed by atoms with E-state index in [2.05, 4.69) is 15.9 Å². The van der Waals surface area contributed by atoms with E-state index in [-0.39, 0.29) is 4.21 Å². The van der Waals surface area contributed by atoms with Gasteiger partial charge in [-0.15, -0.1) is 11.3 Å². The summed E-state index contributed by atoms with van der Waals surface area (Å²) in [7, 11) is -3.48. The van der Waals surface area contributed by atoms with Crippen molar-refractivity contribution in [2.24, 2.45) is 0 Å². The average molecular weight is 377 g/mol. The molecule has 1 rings (SSSR count). The molecule has 0 unspecified atom stereocenters. The molecule has 1 aromatic heterocycles. The van der Waals surface area contributed by atoms with Gasteiger partial charge in [0.15, 0.2) is 0 Å². The molecule has 0 N–H and O–H groups in total. The molecule has 8 heteroatoms. The quantitative estimate of drug-likeness (QED) is 0.686. The van der Waals surface area contributed by atoms with E-state index < -0.39 is 10.0 Å². The summed E-state index contributed by atoms with van der Waals surface area (Å²) in [5, 5.41) is 0.416. The van der Waals surface area contributed by atoms with Crippen molar-refractivity contribution in [3.63, 3.8) is 0 Å². The zero-order chi connectivity index (χ0) is 13.8. The number of ether oxygens (including phenoxy) is 1. The van der Waals surface area contributed by atoms with Crippen LogP contribution in [0.15, 0.2) is 14.1 Å². The van der Waals surface area contributed by atoms with E-state index in [0.29, 0.717) is 35.1 Å². The minimum Gasteiger partial charge on any atom is -0.380 e. The van der Waals surface area contributed by atoms with Gasteiger partial charge in [0.25, 0.3) is 10.0 Å². The molecule has 0 radical (unpaired) electrons. The third kappa shape index (κ3) is 3.91. The van der Waals surface area contributed by atoms with Gasteiger partial charge in [-0.05, 0) is 28.9 Å². The molecule has 0 aliphatic rings. The Bertz CT molecular complexity index is 470. The topological polar surface area (TPSA) is 46.6 Å².